The number of carbonyl (C=O) groups is 1. The van der Waals surface area contributed by atoms with E-state index in [0.717, 1.165) is 10.2 Å². The van der Waals surface area contributed by atoms with Crippen molar-refractivity contribution in [2.75, 3.05) is 0 Å². The van der Waals surface area contributed by atoms with Crippen molar-refractivity contribution in [3.8, 4) is 0 Å². The van der Waals surface area contributed by atoms with E-state index in [1.165, 1.54) is 27.1 Å². The Kier molecular flexibility index (Phi) is 3.25. The third kappa shape index (κ3) is 2.31. The van der Waals surface area contributed by atoms with E-state index >= 15 is 0 Å². The van der Waals surface area contributed by atoms with Gasteiger partial charge in [-0.3, -0.25) is 9.48 Å². The summed E-state index contributed by atoms with van der Waals surface area (Å²) in [4.78, 5) is 17.2. The van der Waals surface area contributed by atoms with Gasteiger partial charge in [-0.2, -0.15) is 10.1 Å². The molecule has 1 aromatic carbocycles. The van der Waals surface area contributed by atoms with Crippen LogP contribution in [0.15, 0.2) is 29.4 Å². The summed E-state index contributed by atoms with van der Waals surface area (Å²) in [5, 5.41) is 4.00. The molecule has 0 aliphatic rings. The standard InChI is InChI=1S/C15H16N4OS/c1-9-7-12-13(8-10(9)2)21-15(18(12)3)17-14(20)11-5-6-16-19(11)4/h5-8H,1-4H3. The number of amides is 1. The number of hydrogen-bond donors (Lipinski definition) is 0. The van der Waals surface area contributed by atoms with E-state index in [-0.39, 0.29) is 5.91 Å². The molecule has 5 nitrogen and oxygen atoms in total. The normalized spacial score (nSPS) is 12.3. The summed E-state index contributed by atoms with van der Waals surface area (Å²) in [6.45, 7) is 4.18. The Bertz CT molecular complexity index is 914. The monoisotopic (exact) mass is 300 g/mol. The summed E-state index contributed by atoms with van der Waals surface area (Å²) in [6.07, 6.45) is 1.60. The van der Waals surface area contributed by atoms with E-state index in [9.17, 15) is 4.79 Å². The lowest BCUT2D eigenvalue weighted by molar-refractivity contribution is 0.0989. The van der Waals surface area contributed by atoms with Gasteiger partial charge in [-0.05, 0) is 43.2 Å². The molecule has 3 rings (SSSR count). The lowest BCUT2D eigenvalue weighted by Crippen LogP contribution is -2.15. The molecule has 0 bridgehead atoms. The van der Waals surface area contributed by atoms with E-state index in [2.05, 4.69) is 36.1 Å². The van der Waals surface area contributed by atoms with E-state index < -0.39 is 0 Å². The highest BCUT2D eigenvalue weighted by molar-refractivity contribution is 7.16. The second-order valence-corrected chi connectivity index (χ2v) is 6.11. The number of nitrogens with zero attached hydrogens (tertiary/aromatic N) is 4. The fourth-order valence-corrected chi connectivity index (χ4v) is 3.31. The van der Waals surface area contributed by atoms with Gasteiger partial charge in [0, 0.05) is 20.3 Å². The topological polar surface area (TPSA) is 52.2 Å². The van der Waals surface area contributed by atoms with Gasteiger partial charge in [-0.15, -0.1) is 0 Å². The van der Waals surface area contributed by atoms with Crippen LogP contribution in [0, 0.1) is 13.8 Å². The number of carbonyl (C=O) groups excluding carboxylic acids is 1. The molecule has 3 aromatic rings. The maximum absolute atomic E-state index is 12.2. The number of benzene rings is 1. The second kappa shape index (κ2) is 4.96. The molecule has 0 unspecified atom stereocenters. The van der Waals surface area contributed by atoms with Crippen molar-refractivity contribution < 1.29 is 4.79 Å². The molecule has 0 saturated carbocycles. The minimum absolute atomic E-state index is 0.273. The van der Waals surface area contributed by atoms with Crippen molar-refractivity contribution in [3.63, 3.8) is 0 Å². The molecule has 6 heteroatoms. The minimum Gasteiger partial charge on any atom is -0.319 e. The van der Waals surface area contributed by atoms with Gasteiger partial charge in [0.05, 0.1) is 10.2 Å². The van der Waals surface area contributed by atoms with Gasteiger partial charge in [0.15, 0.2) is 4.80 Å². The molecule has 0 N–H and O–H groups in total. The number of thiazole rings is 1. The molecule has 0 spiro atoms. The van der Waals surface area contributed by atoms with Crippen LogP contribution in [0.1, 0.15) is 21.6 Å². The van der Waals surface area contributed by atoms with Crippen LogP contribution >= 0.6 is 11.3 Å². The summed E-state index contributed by atoms with van der Waals surface area (Å²) >= 11 is 1.52. The smallest absolute Gasteiger partial charge is 0.297 e. The van der Waals surface area contributed by atoms with Crippen LogP contribution < -0.4 is 4.80 Å². The number of aryl methyl sites for hydroxylation is 4. The predicted octanol–water partition coefficient (Wildman–Crippen LogP) is 2.33. The van der Waals surface area contributed by atoms with E-state index in [1.807, 2.05) is 11.6 Å². The summed E-state index contributed by atoms with van der Waals surface area (Å²) in [7, 11) is 3.67. The molecule has 0 radical (unpaired) electrons. The van der Waals surface area contributed by atoms with Gasteiger partial charge in [-0.1, -0.05) is 11.3 Å². The Morgan fingerprint density at radius 2 is 1.95 bits per heavy atom. The van der Waals surface area contributed by atoms with Crippen molar-refractivity contribution >= 4 is 27.5 Å². The third-order valence-corrected chi connectivity index (χ3v) is 4.76. The first-order valence-corrected chi connectivity index (χ1v) is 7.43. The number of fused-ring (bicyclic) bond motifs is 1. The third-order valence-electron chi connectivity index (χ3n) is 3.66. The Balaban J connectivity index is 2.17. The molecule has 2 aromatic heterocycles. The lowest BCUT2D eigenvalue weighted by Gasteiger charge is -2.00. The van der Waals surface area contributed by atoms with Crippen molar-refractivity contribution in [2.24, 2.45) is 19.1 Å². The number of aromatic nitrogens is 3. The van der Waals surface area contributed by atoms with Gasteiger partial charge < -0.3 is 4.57 Å². The number of rotatable bonds is 1. The second-order valence-electron chi connectivity index (χ2n) is 5.10. The first-order valence-electron chi connectivity index (χ1n) is 6.61. The molecule has 0 saturated heterocycles. The van der Waals surface area contributed by atoms with E-state index in [1.54, 1.807) is 19.3 Å². The quantitative estimate of drug-likeness (QED) is 0.692. The zero-order valence-electron chi connectivity index (χ0n) is 12.4. The zero-order chi connectivity index (χ0) is 15.1. The van der Waals surface area contributed by atoms with Gasteiger partial charge in [-0.25, -0.2) is 0 Å². The fourth-order valence-electron chi connectivity index (χ4n) is 2.21. The molecule has 0 aliphatic carbocycles. The highest BCUT2D eigenvalue weighted by Gasteiger charge is 2.10. The summed E-state index contributed by atoms with van der Waals surface area (Å²) in [6, 6.07) is 5.95. The Labute approximate surface area is 126 Å². The largest absolute Gasteiger partial charge is 0.319 e. The van der Waals surface area contributed by atoms with Crippen LogP contribution in [0.25, 0.3) is 10.2 Å². The molecule has 0 atom stereocenters. The van der Waals surface area contributed by atoms with Crippen LogP contribution in [0.2, 0.25) is 0 Å². The molecule has 1 amide bonds. The van der Waals surface area contributed by atoms with Crippen LogP contribution in [0.5, 0.6) is 0 Å². The molecular formula is C15H16N4OS. The Hall–Kier alpha value is -2.21. The predicted molar refractivity (Wildman–Crippen MR) is 83.4 cm³/mol. The van der Waals surface area contributed by atoms with Crippen LogP contribution in [0.4, 0.5) is 0 Å². The molecule has 0 aliphatic heterocycles. The zero-order valence-corrected chi connectivity index (χ0v) is 13.2. The first-order chi connectivity index (χ1) is 9.97. The molecule has 21 heavy (non-hydrogen) atoms. The van der Waals surface area contributed by atoms with Gasteiger partial charge in [0.1, 0.15) is 5.69 Å². The maximum Gasteiger partial charge on any atom is 0.297 e. The molecular weight excluding hydrogens is 284 g/mol. The average molecular weight is 300 g/mol. The van der Waals surface area contributed by atoms with Gasteiger partial charge in [0.2, 0.25) is 0 Å². The Morgan fingerprint density at radius 1 is 1.24 bits per heavy atom. The van der Waals surface area contributed by atoms with Crippen molar-refractivity contribution in [3.05, 3.63) is 46.0 Å². The molecule has 108 valence electrons. The van der Waals surface area contributed by atoms with Crippen molar-refractivity contribution in [2.45, 2.75) is 13.8 Å². The van der Waals surface area contributed by atoms with Crippen LogP contribution in [-0.4, -0.2) is 20.3 Å². The highest BCUT2D eigenvalue weighted by atomic mass is 32.1. The summed E-state index contributed by atoms with van der Waals surface area (Å²) in [5.74, 6) is -0.273. The SMILES string of the molecule is Cc1cc2sc(=NC(=O)c3ccnn3C)n(C)c2cc1C. The lowest BCUT2D eigenvalue weighted by atomic mass is 10.1. The molecule has 2 heterocycles. The van der Waals surface area contributed by atoms with Gasteiger partial charge in [0.25, 0.3) is 5.91 Å². The maximum atomic E-state index is 12.2. The highest BCUT2D eigenvalue weighted by Crippen LogP contribution is 2.21. The van der Waals surface area contributed by atoms with Crippen molar-refractivity contribution in [1.29, 1.82) is 0 Å². The first kappa shape index (κ1) is 13.8. The van der Waals surface area contributed by atoms with Gasteiger partial charge >= 0.3 is 0 Å². The van der Waals surface area contributed by atoms with E-state index in [0.29, 0.717) is 10.5 Å². The molecule has 0 fully saturated rings. The number of hydrogen-bond acceptors (Lipinski definition) is 3. The fraction of sp³-hybridized carbons (Fsp3) is 0.267. The average Bonchev–Trinajstić information content (AvgIpc) is 2.97. The summed E-state index contributed by atoms with van der Waals surface area (Å²) < 4.78 is 4.63. The Morgan fingerprint density at radius 3 is 2.62 bits per heavy atom. The minimum atomic E-state index is -0.273. The van der Waals surface area contributed by atoms with Crippen molar-refractivity contribution in [1.82, 2.24) is 14.3 Å². The van der Waals surface area contributed by atoms with Crippen LogP contribution in [-0.2, 0) is 14.1 Å². The summed E-state index contributed by atoms with van der Waals surface area (Å²) in [5.41, 5.74) is 4.06. The van der Waals surface area contributed by atoms with E-state index in [4.69, 9.17) is 0 Å². The van der Waals surface area contributed by atoms with Crippen LogP contribution in [0.3, 0.4) is 0 Å².